The summed E-state index contributed by atoms with van der Waals surface area (Å²) in [6.07, 6.45) is 4.35. The lowest BCUT2D eigenvalue weighted by Gasteiger charge is -2.23. The fourth-order valence-corrected chi connectivity index (χ4v) is 1.78. The first kappa shape index (κ1) is 9.52. The average molecular weight is 195 g/mol. The first-order chi connectivity index (χ1) is 6.81. The SMILES string of the molecule is CCc1cc(N)n(C2CCCCO2)n1. The summed E-state index contributed by atoms with van der Waals surface area (Å²) in [4.78, 5) is 0. The molecule has 4 heteroatoms. The third-order valence-electron chi connectivity index (χ3n) is 2.61. The maximum atomic E-state index is 5.87. The van der Waals surface area contributed by atoms with Gasteiger partial charge in [-0.25, -0.2) is 4.68 Å². The number of hydrogen-bond donors (Lipinski definition) is 1. The van der Waals surface area contributed by atoms with Crippen LogP contribution in [0.25, 0.3) is 0 Å². The minimum Gasteiger partial charge on any atom is -0.384 e. The lowest BCUT2D eigenvalue weighted by atomic mass is 10.2. The predicted molar refractivity (Wildman–Crippen MR) is 54.9 cm³/mol. The summed E-state index contributed by atoms with van der Waals surface area (Å²) in [5, 5.41) is 4.42. The van der Waals surface area contributed by atoms with Crippen molar-refractivity contribution in [2.24, 2.45) is 0 Å². The summed E-state index contributed by atoms with van der Waals surface area (Å²) >= 11 is 0. The van der Waals surface area contributed by atoms with Gasteiger partial charge in [0.1, 0.15) is 5.82 Å². The van der Waals surface area contributed by atoms with Crippen LogP contribution in [0.4, 0.5) is 5.82 Å². The zero-order chi connectivity index (χ0) is 9.97. The monoisotopic (exact) mass is 195 g/mol. The Labute approximate surface area is 84.0 Å². The molecule has 0 aliphatic carbocycles. The van der Waals surface area contributed by atoms with Crippen molar-refractivity contribution in [3.63, 3.8) is 0 Å². The number of nitrogens with zero attached hydrogens (tertiary/aromatic N) is 2. The van der Waals surface area contributed by atoms with Gasteiger partial charge < -0.3 is 10.5 Å². The Kier molecular flexibility index (Phi) is 2.72. The second-order valence-corrected chi connectivity index (χ2v) is 3.68. The Hall–Kier alpha value is -1.03. The predicted octanol–water partition coefficient (Wildman–Crippen LogP) is 1.73. The van der Waals surface area contributed by atoms with E-state index in [-0.39, 0.29) is 6.23 Å². The van der Waals surface area contributed by atoms with Gasteiger partial charge in [-0.2, -0.15) is 5.10 Å². The van der Waals surface area contributed by atoms with Crippen LogP contribution >= 0.6 is 0 Å². The Morgan fingerprint density at radius 3 is 3.07 bits per heavy atom. The third-order valence-corrected chi connectivity index (χ3v) is 2.61. The molecular weight excluding hydrogens is 178 g/mol. The average Bonchev–Trinajstić information content (AvgIpc) is 2.61. The Morgan fingerprint density at radius 2 is 2.50 bits per heavy atom. The van der Waals surface area contributed by atoms with E-state index in [1.807, 2.05) is 10.7 Å². The fraction of sp³-hybridized carbons (Fsp3) is 0.700. The van der Waals surface area contributed by atoms with E-state index >= 15 is 0 Å². The van der Waals surface area contributed by atoms with Gasteiger partial charge in [0.05, 0.1) is 5.69 Å². The number of rotatable bonds is 2. The van der Waals surface area contributed by atoms with E-state index in [9.17, 15) is 0 Å². The highest BCUT2D eigenvalue weighted by atomic mass is 16.5. The molecule has 0 radical (unpaired) electrons. The molecule has 0 amide bonds. The largest absolute Gasteiger partial charge is 0.384 e. The molecular formula is C10H17N3O. The minimum absolute atomic E-state index is 0.0593. The van der Waals surface area contributed by atoms with Crippen LogP contribution in [0.1, 0.15) is 38.1 Å². The van der Waals surface area contributed by atoms with E-state index in [1.165, 1.54) is 6.42 Å². The third kappa shape index (κ3) is 1.75. The number of nitrogen functional groups attached to an aromatic ring is 1. The Bertz CT molecular complexity index is 302. The first-order valence-corrected chi connectivity index (χ1v) is 5.26. The van der Waals surface area contributed by atoms with E-state index in [2.05, 4.69) is 12.0 Å². The Morgan fingerprint density at radius 1 is 1.64 bits per heavy atom. The highest BCUT2D eigenvalue weighted by Gasteiger charge is 2.18. The summed E-state index contributed by atoms with van der Waals surface area (Å²) in [6, 6.07) is 1.93. The number of aryl methyl sites for hydroxylation is 1. The van der Waals surface area contributed by atoms with Crippen molar-refractivity contribution >= 4 is 5.82 Å². The van der Waals surface area contributed by atoms with E-state index in [4.69, 9.17) is 10.5 Å². The highest BCUT2D eigenvalue weighted by molar-refractivity contribution is 5.31. The summed E-state index contributed by atoms with van der Waals surface area (Å²) < 4.78 is 7.44. The van der Waals surface area contributed by atoms with E-state index in [0.717, 1.165) is 31.6 Å². The van der Waals surface area contributed by atoms with Gasteiger partial charge in [0.2, 0.25) is 0 Å². The zero-order valence-electron chi connectivity index (χ0n) is 8.57. The van der Waals surface area contributed by atoms with Crippen LogP contribution in [0.2, 0.25) is 0 Å². The maximum Gasteiger partial charge on any atom is 0.152 e. The van der Waals surface area contributed by atoms with Gasteiger partial charge in [0.15, 0.2) is 6.23 Å². The van der Waals surface area contributed by atoms with Gasteiger partial charge in [-0.05, 0) is 25.7 Å². The van der Waals surface area contributed by atoms with Crippen LogP contribution in [-0.4, -0.2) is 16.4 Å². The van der Waals surface area contributed by atoms with Crippen LogP contribution in [-0.2, 0) is 11.2 Å². The summed E-state index contributed by atoms with van der Waals surface area (Å²) in [5.41, 5.74) is 6.91. The molecule has 1 aliphatic heterocycles. The molecule has 0 spiro atoms. The standard InChI is InChI=1S/C10H17N3O/c1-2-8-7-9(11)13(12-8)10-5-3-4-6-14-10/h7,10H,2-6,11H2,1H3. The van der Waals surface area contributed by atoms with Gasteiger partial charge in [-0.3, -0.25) is 0 Å². The lowest BCUT2D eigenvalue weighted by Crippen LogP contribution is -2.20. The second-order valence-electron chi connectivity index (χ2n) is 3.68. The van der Waals surface area contributed by atoms with Crippen LogP contribution in [0.5, 0.6) is 0 Å². The van der Waals surface area contributed by atoms with Crippen LogP contribution < -0.4 is 5.73 Å². The van der Waals surface area contributed by atoms with Gasteiger partial charge in [-0.15, -0.1) is 0 Å². The van der Waals surface area contributed by atoms with Gasteiger partial charge in [-0.1, -0.05) is 6.92 Å². The molecule has 2 N–H and O–H groups in total. The molecule has 14 heavy (non-hydrogen) atoms. The number of hydrogen-bond acceptors (Lipinski definition) is 3. The van der Waals surface area contributed by atoms with Crippen molar-refractivity contribution in [2.45, 2.75) is 38.8 Å². The minimum atomic E-state index is 0.0593. The van der Waals surface area contributed by atoms with E-state index in [1.54, 1.807) is 0 Å². The lowest BCUT2D eigenvalue weighted by molar-refractivity contribution is -0.0381. The summed E-state index contributed by atoms with van der Waals surface area (Å²) in [6.45, 7) is 2.90. The Balaban J connectivity index is 2.17. The topological polar surface area (TPSA) is 53.1 Å². The van der Waals surface area contributed by atoms with Crippen LogP contribution in [0, 0.1) is 0 Å². The van der Waals surface area contributed by atoms with Crippen LogP contribution in [0.15, 0.2) is 6.07 Å². The first-order valence-electron chi connectivity index (χ1n) is 5.26. The molecule has 1 aliphatic rings. The number of aromatic nitrogens is 2. The van der Waals surface area contributed by atoms with Gasteiger partial charge >= 0.3 is 0 Å². The van der Waals surface area contributed by atoms with Crippen molar-refractivity contribution in [1.82, 2.24) is 9.78 Å². The molecule has 1 unspecified atom stereocenters. The maximum absolute atomic E-state index is 5.87. The molecule has 1 fully saturated rings. The molecule has 1 atom stereocenters. The van der Waals surface area contributed by atoms with Gasteiger partial charge in [0, 0.05) is 12.7 Å². The number of anilines is 1. The molecule has 4 nitrogen and oxygen atoms in total. The quantitative estimate of drug-likeness (QED) is 0.781. The molecule has 78 valence electrons. The molecule has 1 aromatic rings. The van der Waals surface area contributed by atoms with Crippen LogP contribution in [0.3, 0.4) is 0 Å². The van der Waals surface area contributed by atoms with Crippen molar-refractivity contribution in [3.05, 3.63) is 11.8 Å². The van der Waals surface area contributed by atoms with Crippen molar-refractivity contribution in [1.29, 1.82) is 0 Å². The van der Waals surface area contributed by atoms with E-state index < -0.39 is 0 Å². The molecule has 0 aromatic carbocycles. The summed E-state index contributed by atoms with van der Waals surface area (Å²) in [7, 11) is 0. The van der Waals surface area contributed by atoms with Crippen molar-refractivity contribution in [3.8, 4) is 0 Å². The smallest absolute Gasteiger partial charge is 0.152 e. The van der Waals surface area contributed by atoms with Crippen molar-refractivity contribution < 1.29 is 4.74 Å². The molecule has 0 bridgehead atoms. The summed E-state index contributed by atoms with van der Waals surface area (Å²) in [5.74, 6) is 0.716. The van der Waals surface area contributed by atoms with Gasteiger partial charge in [0.25, 0.3) is 0 Å². The second kappa shape index (κ2) is 4.00. The zero-order valence-corrected chi connectivity index (χ0v) is 8.57. The molecule has 2 heterocycles. The number of nitrogens with two attached hydrogens (primary N) is 1. The molecule has 1 aromatic heterocycles. The fourth-order valence-electron chi connectivity index (χ4n) is 1.78. The molecule has 2 rings (SSSR count). The normalized spacial score (nSPS) is 22.5. The van der Waals surface area contributed by atoms with Crippen molar-refractivity contribution in [2.75, 3.05) is 12.3 Å². The van der Waals surface area contributed by atoms with E-state index in [0.29, 0.717) is 5.82 Å². The molecule has 1 saturated heterocycles. The number of ether oxygens (including phenoxy) is 1. The highest BCUT2D eigenvalue weighted by Crippen LogP contribution is 2.24. The molecule has 0 saturated carbocycles.